The number of ether oxygens (including phenoxy) is 1. The fourth-order valence-corrected chi connectivity index (χ4v) is 4.56. The molecular weight excluding hydrogens is 442 g/mol. The number of nitrogens with two attached hydrogens (primary N) is 1. The Bertz CT molecular complexity index is 1240. The fourth-order valence-electron chi connectivity index (χ4n) is 3.13. The molecule has 0 aliphatic carbocycles. The van der Waals surface area contributed by atoms with E-state index in [1.807, 2.05) is 6.92 Å². The molecule has 0 bridgehead atoms. The number of anilines is 2. The molecule has 0 heterocycles. The summed E-state index contributed by atoms with van der Waals surface area (Å²) in [4.78, 5) is 24.2. The van der Waals surface area contributed by atoms with Crippen molar-refractivity contribution in [1.82, 2.24) is 0 Å². The molecule has 172 valence electrons. The van der Waals surface area contributed by atoms with Crippen LogP contribution in [0.5, 0.6) is 5.75 Å². The molecule has 8 nitrogen and oxygen atoms in total. The number of hydrogen-bond acceptors (Lipinski definition) is 5. The number of nitrogens with zero attached hydrogens (tertiary/aromatic N) is 1. The van der Waals surface area contributed by atoms with Gasteiger partial charge in [-0.3, -0.25) is 13.9 Å². The fraction of sp³-hybridized carbons (Fsp3) is 0.167. The summed E-state index contributed by atoms with van der Waals surface area (Å²) >= 11 is 0. The monoisotopic (exact) mass is 467 g/mol. The van der Waals surface area contributed by atoms with Crippen LogP contribution < -0.4 is 20.1 Å². The number of aryl methyl sites for hydroxylation is 1. The zero-order valence-corrected chi connectivity index (χ0v) is 19.1. The first-order chi connectivity index (χ1) is 15.7. The lowest BCUT2D eigenvalue weighted by molar-refractivity contribution is -0.114. The van der Waals surface area contributed by atoms with Crippen molar-refractivity contribution in [2.24, 2.45) is 5.73 Å². The molecule has 0 unspecified atom stereocenters. The molecule has 0 atom stereocenters. The van der Waals surface area contributed by atoms with Crippen molar-refractivity contribution >= 4 is 33.2 Å². The van der Waals surface area contributed by atoms with Crippen LogP contribution in [0.2, 0.25) is 0 Å². The van der Waals surface area contributed by atoms with E-state index in [1.165, 1.54) is 36.4 Å². The van der Waals surface area contributed by atoms with Crippen LogP contribution in [0.1, 0.15) is 22.8 Å². The van der Waals surface area contributed by atoms with Crippen LogP contribution in [-0.4, -0.2) is 33.4 Å². The third kappa shape index (κ3) is 5.69. The van der Waals surface area contributed by atoms with E-state index >= 15 is 0 Å². The van der Waals surface area contributed by atoms with Gasteiger partial charge in [0.15, 0.2) is 0 Å². The zero-order valence-electron chi connectivity index (χ0n) is 18.3. The van der Waals surface area contributed by atoms with Crippen molar-refractivity contribution in [3.63, 3.8) is 0 Å². The molecule has 0 aliphatic heterocycles. The lowest BCUT2D eigenvalue weighted by Crippen LogP contribution is -2.38. The van der Waals surface area contributed by atoms with Crippen molar-refractivity contribution in [2.45, 2.75) is 18.7 Å². The minimum absolute atomic E-state index is 0.0537. The van der Waals surface area contributed by atoms with E-state index in [4.69, 9.17) is 10.5 Å². The number of para-hydroxylation sites is 2. The summed E-state index contributed by atoms with van der Waals surface area (Å²) in [6.07, 6.45) is 0. The molecule has 3 aromatic rings. The van der Waals surface area contributed by atoms with Crippen LogP contribution in [0.4, 0.5) is 11.4 Å². The normalized spacial score (nSPS) is 11.0. The van der Waals surface area contributed by atoms with Gasteiger partial charge in [-0.15, -0.1) is 0 Å². The van der Waals surface area contributed by atoms with Gasteiger partial charge in [-0.1, -0.05) is 29.8 Å². The minimum atomic E-state index is -4.09. The summed E-state index contributed by atoms with van der Waals surface area (Å²) in [6, 6.07) is 19.0. The molecule has 0 fully saturated rings. The van der Waals surface area contributed by atoms with E-state index in [2.05, 4.69) is 5.32 Å². The van der Waals surface area contributed by atoms with Crippen LogP contribution in [0.25, 0.3) is 0 Å². The smallest absolute Gasteiger partial charge is 0.264 e. The second-order valence-electron chi connectivity index (χ2n) is 7.22. The highest BCUT2D eigenvalue weighted by Crippen LogP contribution is 2.32. The van der Waals surface area contributed by atoms with Crippen molar-refractivity contribution in [3.8, 4) is 5.75 Å². The average Bonchev–Trinajstić information content (AvgIpc) is 2.79. The predicted octanol–water partition coefficient (Wildman–Crippen LogP) is 3.33. The number of carbonyl (C=O) groups excluding carboxylic acids is 2. The van der Waals surface area contributed by atoms with Crippen LogP contribution >= 0.6 is 0 Å². The van der Waals surface area contributed by atoms with E-state index in [0.29, 0.717) is 23.6 Å². The predicted molar refractivity (Wildman–Crippen MR) is 127 cm³/mol. The van der Waals surface area contributed by atoms with Gasteiger partial charge in [0.25, 0.3) is 10.0 Å². The quantitative estimate of drug-likeness (QED) is 0.500. The van der Waals surface area contributed by atoms with Gasteiger partial charge < -0.3 is 15.8 Å². The van der Waals surface area contributed by atoms with Crippen LogP contribution in [-0.2, 0) is 14.8 Å². The number of carbonyl (C=O) groups is 2. The Morgan fingerprint density at radius 1 is 0.970 bits per heavy atom. The number of primary amides is 1. The van der Waals surface area contributed by atoms with Gasteiger partial charge in [0.2, 0.25) is 11.8 Å². The highest BCUT2D eigenvalue weighted by atomic mass is 32.2. The molecule has 0 aliphatic rings. The Morgan fingerprint density at radius 3 is 2.21 bits per heavy atom. The van der Waals surface area contributed by atoms with Gasteiger partial charge >= 0.3 is 0 Å². The van der Waals surface area contributed by atoms with E-state index in [-0.39, 0.29) is 10.6 Å². The number of amides is 2. The molecule has 0 saturated heterocycles. The Morgan fingerprint density at radius 2 is 1.61 bits per heavy atom. The molecule has 3 aromatic carbocycles. The third-order valence-electron chi connectivity index (χ3n) is 4.78. The van der Waals surface area contributed by atoms with Gasteiger partial charge in [-0.05, 0) is 62.4 Å². The maximum Gasteiger partial charge on any atom is 0.264 e. The van der Waals surface area contributed by atoms with Crippen LogP contribution in [0.3, 0.4) is 0 Å². The molecular formula is C24H25N3O5S. The summed E-state index contributed by atoms with van der Waals surface area (Å²) in [5, 5.41) is 2.65. The molecule has 3 N–H and O–H groups in total. The first kappa shape index (κ1) is 23.8. The number of hydrogen-bond donors (Lipinski definition) is 2. The Kier molecular flexibility index (Phi) is 7.34. The lowest BCUT2D eigenvalue weighted by Gasteiger charge is -2.26. The van der Waals surface area contributed by atoms with Crippen molar-refractivity contribution in [2.75, 3.05) is 22.8 Å². The van der Waals surface area contributed by atoms with Gasteiger partial charge in [0, 0.05) is 11.3 Å². The maximum absolute atomic E-state index is 13.5. The molecule has 0 saturated carbocycles. The number of benzene rings is 3. The Hall–Kier alpha value is -3.85. The van der Waals surface area contributed by atoms with Gasteiger partial charge in [-0.25, -0.2) is 8.42 Å². The Labute approximate surface area is 193 Å². The third-order valence-corrected chi connectivity index (χ3v) is 6.56. The van der Waals surface area contributed by atoms with E-state index < -0.39 is 28.4 Å². The summed E-state index contributed by atoms with van der Waals surface area (Å²) in [7, 11) is -4.09. The molecule has 0 radical (unpaired) electrons. The second-order valence-corrected chi connectivity index (χ2v) is 9.08. The lowest BCUT2D eigenvalue weighted by atomic mass is 10.2. The summed E-state index contributed by atoms with van der Waals surface area (Å²) in [5.74, 6) is -0.811. The van der Waals surface area contributed by atoms with Gasteiger partial charge in [0.05, 0.1) is 17.2 Å². The van der Waals surface area contributed by atoms with E-state index in [9.17, 15) is 18.0 Å². The van der Waals surface area contributed by atoms with Crippen LogP contribution in [0.15, 0.2) is 77.7 Å². The van der Waals surface area contributed by atoms with Crippen molar-refractivity contribution < 1.29 is 22.7 Å². The van der Waals surface area contributed by atoms with Gasteiger partial charge in [0.1, 0.15) is 12.3 Å². The van der Waals surface area contributed by atoms with E-state index in [0.717, 1.165) is 9.87 Å². The Balaban J connectivity index is 1.96. The zero-order chi connectivity index (χ0) is 24.0. The van der Waals surface area contributed by atoms with Crippen molar-refractivity contribution in [1.29, 1.82) is 0 Å². The summed E-state index contributed by atoms with van der Waals surface area (Å²) < 4.78 is 33.7. The number of sulfonamides is 1. The molecule has 0 spiro atoms. The molecule has 9 heteroatoms. The molecule has 33 heavy (non-hydrogen) atoms. The first-order valence-corrected chi connectivity index (χ1v) is 11.7. The topological polar surface area (TPSA) is 119 Å². The van der Waals surface area contributed by atoms with Crippen molar-refractivity contribution in [3.05, 3.63) is 83.9 Å². The SMILES string of the molecule is CCOc1ccccc1N(CC(=O)Nc1ccc(C(N)=O)cc1)S(=O)(=O)c1ccc(C)cc1. The van der Waals surface area contributed by atoms with Crippen LogP contribution in [0, 0.1) is 6.92 Å². The van der Waals surface area contributed by atoms with E-state index in [1.54, 1.807) is 43.3 Å². The van der Waals surface area contributed by atoms with Gasteiger partial charge in [-0.2, -0.15) is 0 Å². The first-order valence-electron chi connectivity index (χ1n) is 10.2. The number of nitrogens with one attached hydrogen (secondary N) is 1. The minimum Gasteiger partial charge on any atom is -0.492 e. The highest BCUT2D eigenvalue weighted by molar-refractivity contribution is 7.92. The highest BCUT2D eigenvalue weighted by Gasteiger charge is 2.29. The summed E-state index contributed by atoms with van der Waals surface area (Å²) in [5.41, 5.74) is 7.09. The largest absolute Gasteiger partial charge is 0.492 e. The molecule has 0 aromatic heterocycles. The summed E-state index contributed by atoms with van der Waals surface area (Å²) in [6.45, 7) is 3.49. The molecule has 2 amide bonds. The second kappa shape index (κ2) is 10.2. The average molecular weight is 468 g/mol. The maximum atomic E-state index is 13.5. The molecule has 3 rings (SSSR count). The number of rotatable bonds is 9. The standard InChI is InChI=1S/C24H25N3O5S/c1-3-32-22-7-5-4-6-21(22)27(33(30,31)20-14-8-17(2)9-15-20)16-23(28)26-19-12-10-18(11-13-19)24(25)29/h4-15H,3,16H2,1-2H3,(H2,25,29)(H,26,28).